The van der Waals surface area contributed by atoms with E-state index in [4.69, 9.17) is 49.4 Å². The molecule has 2 rings (SSSR count). The lowest BCUT2D eigenvalue weighted by atomic mass is 9.62. The normalized spacial score (nSPS) is 13.1. The molecule has 2 aromatic carbocycles. The first-order valence-electron chi connectivity index (χ1n) is 11.1. The molecule has 6 nitrogen and oxygen atoms in total. The number of benzene rings is 2. The van der Waals surface area contributed by atoms with Gasteiger partial charge in [-0.2, -0.15) is 0 Å². The van der Waals surface area contributed by atoms with Crippen molar-refractivity contribution in [2.75, 3.05) is 29.8 Å². The Bertz CT molecular complexity index is 965. The minimum Gasteiger partial charge on any atom is -0.464 e. The van der Waals surface area contributed by atoms with Crippen LogP contribution < -0.4 is 16.0 Å². The highest BCUT2D eigenvalue weighted by molar-refractivity contribution is 6.45. The molecule has 3 N–H and O–H groups in total. The van der Waals surface area contributed by atoms with E-state index in [2.05, 4.69) is 5.32 Å². The van der Waals surface area contributed by atoms with Crippen LogP contribution in [0.15, 0.2) is 48.5 Å². The molecule has 0 aliphatic carbocycles. The number of amides is 1. The van der Waals surface area contributed by atoms with Gasteiger partial charge in [-0.1, -0.05) is 24.3 Å². The van der Waals surface area contributed by atoms with Crippen LogP contribution in [0.4, 0.5) is 10.1 Å². The molecule has 11 heteroatoms. The van der Waals surface area contributed by atoms with E-state index in [1.54, 1.807) is 48.2 Å². The number of halogens is 3. The summed E-state index contributed by atoms with van der Waals surface area (Å²) < 4.78 is 18.3. The molecule has 2 aromatic rings. The van der Waals surface area contributed by atoms with Gasteiger partial charge in [0.1, 0.15) is 11.9 Å². The van der Waals surface area contributed by atoms with Crippen LogP contribution in [0.5, 0.6) is 0 Å². The van der Waals surface area contributed by atoms with Gasteiger partial charge in [-0.05, 0) is 54.1 Å². The maximum Gasteiger partial charge on any atom is 0.328 e. The van der Waals surface area contributed by atoms with Crippen molar-refractivity contribution in [3.63, 3.8) is 0 Å². The number of ether oxygens (including phenoxy) is 1. The lowest BCUT2D eigenvalue weighted by Crippen LogP contribution is -2.53. The molecule has 2 unspecified atom stereocenters. The van der Waals surface area contributed by atoms with Crippen molar-refractivity contribution in [3.05, 3.63) is 65.5 Å². The van der Waals surface area contributed by atoms with Gasteiger partial charge < -0.3 is 20.7 Å². The topological polar surface area (TPSA) is 84.7 Å². The number of hydrogen-bond donors (Lipinski definition) is 2. The second kappa shape index (κ2) is 13.8. The van der Waals surface area contributed by atoms with Gasteiger partial charge in [0.15, 0.2) is 0 Å². The van der Waals surface area contributed by atoms with Crippen molar-refractivity contribution in [2.45, 2.75) is 37.2 Å². The van der Waals surface area contributed by atoms with Gasteiger partial charge >= 0.3 is 5.97 Å². The van der Waals surface area contributed by atoms with Crippen molar-refractivity contribution in [1.82, 2.24) is 5.32 Å². The summed E-state index contributed by atoms with van der Waals surface area (Å²) in [6.07, 6.45) is 0.364. The van der Waals surface area contributed by atoms with E-state index in [1.807, 2.05) is 0 Å². The van der Waals surface area contributed by atoms with Crippen molar-refractivity contribution >= 4 is 56.5 Å². The Morgan fingerprint density at radius 2 is 1.66 bits per heavy atom. The molecule has 4 radical (unpaired) electrons. The molecular formula is C24H28B2Cl2FN3O3. The fraction of sp³-hybridized carbons (Fsp3) is 0.417. The fourth-order valence-corrected chi connectivity index (χ4v) is 3.78. The molecule has 0 saturated carbocycles. The summed E-state index contributed by atoms with van der Waals surface area (Å²) in [6.45, 7) is 2.22. The Hall–Kier alpha value is -2.22. The van der Waals surface area contributed by atoms with Crippen LogP contribution in [-0.4, -0.2) is 69.9 Å². The number of alkyl halides is 2. The summed E-state index contributed by atoms with van der Waals surface area (Å²) in [7, 11) is 12.2. The van der Waals surface area contributed by atoms with Crippen LogP contribution in [0.2, 0.25) is 0 Å². The largest absolute Gasteiger partial charge is 0.464 e. The van der Waals surface area contributed by atoms with Crippen molar-refractivity contribution in [3.8, 4) is 0 Å². The highest BCUT2D eigenvalue weighted by Gasteiger charge is 2.26. The Morgan fingerprint density at radius 1 is 1.09 bits per heavy atom. The van der Waals surface area contributed by atoms with E-state index >= 15 is 0 Å². The lowest BCUT2D eigenvalue weighted by molar-refractivity contribution is -0.147. The molecule has 0 fully saturated rings. The monoisotopic (exact) mass is 517 g/mol. The van der Waals surface area contributed by atoms with Crippen LogP contribution in [0.3, 0.4) is 0 Å². The Kier molecular flexibility index (Phi) is 11.4. The number of nitrogens with zero attached hydrogens (tertiary/aromatic N) is 1. The van der Waals surface area contributed by atoms with Gasteiger partial charge in [-0.3, -0.25) is 4.79 Å². The fourth-order valence-electron chi connectivity index (χ4n) is 3.46. The number of nitrogens with one attached hydrogen (secondary N) is 1. The van der Waals surface area contributed by atoms with Gasteiger partial charge in [0.2, 0.25) is 5.91 Å². The minimum atomic E-state index is -1.28. The van der Waals surface area contributed by atoms with Crippen molar-refractivity contribution in [1.29, 1.82) is 0 Å². The summed E-state index contributed by atoms with van der Waals surface area (Å²) in [5.41, 5.74) is 8.30. The van der Waals surface area contributed by atoms with E-state index in [0.29, 0.717) is 18.0 Å². The lowest BCUT2D eigenvalue weighted by Gasteiger charge is -2.40. The van der Waals surface area contributed by atoms with Gasteiger partial charge in [0.05, 0.1) is 28.3 Å². The zero-order valence-electron chi connectivity index (χ0n) is 19.6. The highest BCUT2D eigenvalue weighted by Crippen LogP contribution is 2.23. The first-order valence-corrected chi connectivity index (χ1v) is 12.2. The molecule has 0 spiro atoms. The predicted molar refractivity (Wildman–Crippen MR) is 140 cm³/mol. The second-order valence-electron chi connectivity index (χ2n) is 8.09. The minimum absolute atomic E-state index is 0.00373. The third-order valence-corrected chi connectivity index (χ3v) is 5.90. The van der Waals surface area contributed by atoms with E-state index in [1.165, 1.54) is 12.1 Å². The molecule has 0 heterocycles. The van der Waals surface area contributed by atoms with Crippen LogP contribution in [0, 0.1) is 5.82 Å². The summed E-state index contributed by atoms with van der Waals surface area (Å²) in [5, 5.41) is 1.38. The first kappa shape index (κ1) is 29.0. The Balaban J connectivity index is 2.07. The molecule has 0 aliphatic heterocycles. The average Bonchev–Trinajstić information content (AvgIpc) is 2.84. The smallest absolute Gasteiger partial charge is 0.328 e. The third-order valence-electron chi connectivity index (χ3n) is 5.31. The molecule has 35 heavy (non-hydrogen) atoms. The molecular weight excluding hydrogens is 490 g/mol. The number of hydrogen-bond acceptors (Lipinski definition) is 5. The van der Waals surface area contributed by atoms with E-state index < -0.39 is 35.1 Å². The van der Waals surface area contributed by atoms with E-state index in [0.717, 1.165) is 11.3 Å². The summed E-state index contributed by atoms with van der Waals surface area (Å²) in [4.78, 5) is 26.9. The zero-order valence-corrected chi connectivity index (χ0v) is 21.1. The number of anilines is 1. The summed E-state index contributed by atoms with van der Waals surface area (Å²) in [6, 6.07) is 11.0. The Morgan fingerprint density at radius 3 is 2.20 bits per heavy atom. The number of carbonyl (C=O) groups is 2. The molecule has 0 bridgehead atoms. The van der Waals surface area contributed by atoms with E-state index in [9.17, 15) is 14.0 Å². The molecule has 1 amide bonds. The summed E-state index contributed by atoms with van der Waals surface area (Å²) >= 11 is 11.8. The standard InChI is InChI=1S/C24H28B2Cl2FN3O3/c1-2-35-23(34)21(14-17-3-7-18(29)8-4-17)31-22(33)20(30)13-16-5-9-19(10-6-16)32(12-11-27)24(25,26)15-28/h3-10,20-21H,2,11-15,30H2,1H3,(H,31,33). The molecule has 0 aromatic heterocycles. The molecule has 0 aliphatic rings. The molecule has 184 valence electrons. The number of esters is 1. The quantitative estimate of drug-likeness (QED) is 0.242. The predicted octanol–water partition coefficient (Wildman–Crippen LogP) is 2.26. The maximum absolute atomic E-state index is 13.2. The van der Waals surface area contributed by atoms with Gasteiger partial charge in [0, 0.05) is 30.4 Å². The maximum atomic E-state index is 13.2. The van der Waals surface area contributed by atoms with Crippen LogP contribution in [0.1, 0.15) is 18.1 Å². The molecule has 0 saturated heterocycles. The number of carbonyl (C=O) groups excluding carboxylic acids is 2. The van der Waals surface area contributed by atoms with Crippen molar-refractivity contribution in [2.24, 2.45) is 5.73 Å². The van der Waals surface area contributed by atoms with Gasteiger partial charge in [-0.25, -0.2) is 9.18 Å². The van der Waals surface area contributed by atoms with E-state index in [-0.39, 0.29) is 25.3 Å². The van der Waals surface area contributed by atoms with Crippen LogP contribution >= 0.6 is 23.2 Å². The number of nitrogens with two attached hydrogens (primary N) is 1. The Labute approximate surface area is 218 Å². The number of rotatable bonds is 13. The average molecular weight is 518 g/mol. The third kappa shape index (κ3) is 8.74. The van der Waals surface area contributed by atoms with Crippen LogP contribution in [0.25, 0.3) is 0 Å². The van der Waals surface area contributed by atoms with Gasteiger partial charge in [-0.15, -0.1) is 23.2 Å². The molecule has 2 atom stereocenters. The summed E-state index contributed by atoms with van der Waals surface area (Å²) in [5.74, 6) is -1.19. The zero-order chi connectivity index (χ0) is 26.0. The van der Waals surface area contributed by atoms with Crippen LogP contribution in [-0.2, 0) is 27.2 Å². The second-order valence-corrected chi connectivity index (χ2v) is 8.73. The highest BCUT2D eigenvalue weighted by atomic mass is 35.5. The van der Waals surface area contributed by atoms with Gasteiger partial charge in [0.25, 0.3) is 0 Å². The van der Waals surface area contributed by atoms with Crippen molar-refractivity contribution < 1.29 is 18.7 Å². The SMILES string of the molecule is [B]C([B])(CCl)N(CCCl)c1ccc(CC(N)C(=O)NC(Cc2ccc(F)cc2)C(=O)OCC)cc1. The first-order chi connectivity index (χ1) is 16.6.